The number of ether oxygens (including phenoxy) is 1. The fourth-order valence-corrected chi connectivity index (χ4v) is 1.47. The summed E-state index contributed by atoms with van der Waals surface area (Å²) < 4.78 is 5.45. The number of aromatic nitrogens is 1. The summed E-state index contributed by atoms with van der Waals surface area (Å²) in [4.78, 5) is 24.1. The normalized spacial score (nSPS) is 10.0. The van der Waals surface area contributed by atoms with Gasteiger partial charge in [-0.1, -0.05) is 12.1 Å². The molecule has 0 saturated heterocycles. The number of carboxylic acid groups (broad SMARTS) is 1. The van der Waals surface area contributed by atoms with Gasteiger partial charge in [0.15, 0.2) is 0 Å². The van der Waals surface area contributed by atoms with Crippen molar-refractivity contribution in [2.75, 3.05) is 0 Å². The molecule has 0 atom stereocenters. The predicted octanol–water partition coefficient (Wildman–Crippen LogP) is 1.79. The molecule has 1 heterocycles. The summed E-state index contributed by atoms with van der Waals surface area (Å²) >= 11 is 0. The van der Waals surface area contributed by atoms with Crippen LogP contribution in [0, 0.1) is 0 Å². The van der Waals surface area contributed by atoms with Gasteiger partial charge in [-0.25, -0.2) is 0 Å². The van der Waals surface area contributed by atoms with Crippen LogP contribution in [0.4, 0.5) is 0 Å². The van der Waals surface area contributed by atoms with Gasteiger partial charge in [0.1, 0.15) is 11.5 Å². The first kappa shape index (κ1) is 11.9. The van der Waals surface area contributed by atoms with Gasteiger partial charge in [-0.15, -0.1) is 0 Å². The predicted molar refractivity (Wildman–Crippen MR) is 64.9 cm³/mol. The van der Waals surface area contributed by atoms with E-state index in [9.17, 15) is 9.59 Å². The minimum Gasteiger partial charge on any atom is -0.481 e. The zero-order valence-electron chi connectivity index (χ0n) is 9.42. The zero-order valence-corrected chi connectivity index (χ0v) is 9.42. The van der Waals surface area contributed by atoms with Crippen LogP contribution in [0.15, 0.2) is 47.4 Å². The van der Waals surface area contributed by atoms with E-state index in [2.05, 4.69) is 4.98 Å². The fourth-order valence-electron chi connectivity index (χ4n) is 1.47. The topological polar surface area (TPSA) is 79.4 Å². The van der Waals surface area contributed by atoms with Gasteiger partial charge in [0.2, 0.25) is 0 Å². The average Bonchev–Trinajstić information content (AvgIpc) is 2.31. The molecule has 0 radical (unpaired) electrons. The molecule has 0 aliphatic heterocycles. The number of aromatic amines is 1. The first-order chi connectivity index (χ1) is 8.63. The van der Waals surface area contributed by atoms with Gasteiger partial charge in [0.25, 0.3) is 5.56 Å². The van der Waals surface area contributed by atoms with Crippen LogP contribution in [0.25, 0.3) is 0 Å². The van der Waals surface area contributed by atoms with Crippen LogP contribution in [0.3, 0.4) is 0 Å². The van der Waals surface area contributed by atoms with Crippen molar-refractivity contribution in [2.24, 2.45) is 0 Å². The van der Waals surface area contributed by atoms with E-state index in [1.54, 1.807) is 30.3 Å². The second kappa shape index (κ2) is 5.18. The van der Waals surface area contributed by atoms with Crippen LogP contribution < -0.4 is 10.3 Å². The maximum Gasteiger partial charge on any atom is 0.307 e. The third-order valence-electron chi connectivity index (χ3n) is 2.26. The second-order valence-corrected chi connectivity index (χ2v) is 3.71. The lowest BCUT2D eigenvalue weighted by Gasteiger charge is -2.05. The summed E-state index contributed by atoms with van der Waals surface area (Å²) in [6.07, 6.45) is 1.47. The molecule has 92 valence electrons. The molecule has 0 spiro atoms. The molecule has 5 heteroatoms. The molecule has 0 fully saturated rings. The maximum absolute atomic E-state index is 11.1. The first-order valence-electron chi connectivity index (χ1n) is 5.31. The lowest BCUT2D eigenvalue weighted by Crippen LogP contribution is -2.02. The highest BCUT2D eigenvalue weighted by molar-refractivity contribution is 5.70. The molecule has 0 bridgehead atoms. The molecule has 5 nitrogen and oxygen atoms in total. The summed E-state index contributed by atoms with van der Waals surface area (Å²) in [6, 6.07) is 9.66. The molecule has 18 heavy (non-hydrogen) atoms. The molecule has 0 unspecified atom stereocenters. The Bertz CT molecular complexity index is 601. The number of nitrogens with one attached hydrogen (secondary N) is 1. The Kier molecular flexibility index (Phi) is 3.43. The second-order valence-electron chi connectivity index (χ2n) is 3.71. The highest BCUT2D eigenvalue weighted by Gasteiger charge is 2.01. The molecule has 1 aromatic heterocycles. The lowest BCUT2D eigenvalue weighted by molar-refractivity contribution is -0.136. The summed E-state index contributed by atoms with van der Waals surface area (Å²) in [6.45, 7) is 0. The zero-order chi connectivity index (χ0) is 13.0. The Morgan fingerprint density at radius 3 is 2.50 bits per heavy atom. The molecule has 2 aromatic rings. The van der Waals surface area contributed by atoms with E-state index < -0.39 is 5.97 Å². The van der Waals surface area contributed by atoms with Crippen LogP contribution in [-0.2, 0) is 11.2 Å². The monoisotopic (exact) mass is 245 g/mol. The number of rotatable bonds is 4. The molecule has 0 aliphatic rings. The Morgan fingerprint density at radius 2 is 1.89 bits per heavy atom. The molecule has 0 amide bonds. The van der Waals surface area contributed by atoms with Crippen molar-refractivity contribution in [3.63, 3.8) is 0 Å². The Morgan fingerprint density at radius 1 is 1.17 bits per heavy atom. The van der Waals surface area contributed by atoms with E-state index in [0.29, 0.717) is 17.1 Å². The summed E-state index contributed by atoms with van der Waals surface area (Å²) in [5.74, 6) is 0.109. The highest BCUT2D eigenvalue weighted by Crippen LogP contribution is 2.19. The average molecular weight is 245 g/mol. The molecule has 0 aliphatic carbocycles. The smallest absolute Gasteiger partial charge is 0.307 e. The van der Waals surface area contributed by atoms with Crippen molar-refractivity contribution in [3.05, 3.63) is 58.5 Å². The van der Waals surface area contributed by atoms with Gasteiger partial charge >= 0.3 is 5.97 Å². The Labute approximate surface area is 103 Å². The SMILES string of the molecule is O=C(O)Cc1ccc(Oc2cc[nH]c(=O)c2)cc1. The number of H-pyrrole nitrogens is 1. The van der Waals surface area contributed by atoms with Crippen molar-refractivity contribution in [1.82, 2.24) is 4.98 Å². The molecule has 2 N–H and O–H groups in total. The molecule has 1 aromatic carbocycles. The minimum absolute atomic E-state index is 0.0225. The van der Waals surface area contributed by atoms with Crippen molar-refractivity contribution >= 4 is 5.97 Å². The van der Waals surface area contributed by atoms with Crippen molar-refractivity contribution in [1.29, 1.82) is 0 Å². The van der Waals surface area contributed by atoms with Crippen molar-refractivity contribution < 1.29 is 14.6 Å². The Balaban J connectivity index is 2.11. The van der Waals surface area contributed by atoms with Crippen LogP contribution in [0.1, 0.15) is 5.56 Å². The van der Waals surface area contributed by atoms with Gasteiger partial charge in [-0.3, -0.25) is 9.59 Å². The first-order valence-corrected chi connectivity index (χ1v) is 5.31. The fraction of sp³-hybridized carbons (Fsp3) is 0.0769. The van der Waals surface area contributed by atoms with Gasteiger partial charge in [0.05, 0.1) is 6.42 Å². The van der Waals surface area contributed by atoms with E-state index in [0.717, 1.165) is 0 Å². The van der Waals surface area contributed by atoms with E-state index in [4.69, 9.17) is 9.84 Å². The van der Waals surface area contributed by atoms with E-state index >= 15 is 0 Å². The highest BCUT2D eigenvalue weighted by atomic mass is 16.5. The largest absolute Gasteiger partial charge is 0.481 e. The third kappa shape index (κ3) is 3.21. The Hall–Kier alpha value is -2.56. The minimum atomic E-state index is -0.877. The number of carbonyl (C=O) groups is 1. The summed E-state index contributed by atoms with van der Waals surface area (Å²) in [5, 5.41) is 8.63. The van der Waals surface area contributed by atoms with E-state index in [1.807, 2.05) is 0 Å². The van der Waals surface area contributed by atoms with E-state index in [-0.39, 0.29) is 12.0 Å². The van der Waals surface area contributed by atoms with E-state index in [1.165, 1.54) is 12.3 Å². The quantitative estimate of drug-likeness (QED) is 0.860. The third-order valence-corrected chi connectivity index (χ3v) is 2.26. The number of benzene rings is 1. The van der Waals surface area contributed by atoms with Gasteiger partial charge in [0, 0.05) is 12.3 Å². The molecule has 2 rings (SSSR count). The van der Waals surface area contributed by atoms with Crippen LogP contribution in [0.2, 0.25) is 0 Å². The van der Waals surface area contributed by atoms with Crippen molar-refractivity contribution in [3.8, 4) is 11.5 Å². The van der Waals surface area contributed by atoms with Crippen molar-refractivity contribution in [2.45, 2.75) is 6.42 Å². The van der Waals surface area contributed by atoms with Gasteiger partial charge in [-0.05, 0) is 23.8 Å². The molecule has 0 saturated carbocycles. The number of aliphatic carboxylic acids is 1. The van der Waals surface area contributed by atoms with Crippen LogP contribution >= 0.6 is 0 Å². The number of pyridine rings is 1. The van der Waals surface area contributed by atoms with Gasteiger partial charge < -0.3 is 14.8 Å². The number of hydrogen-bond acceptors (Lipinski definition) is 3. The maximum atomic E-state index is 11.1. The number of carboxylic acids is 1. The van der Waals surface area contributed by atoms with Gasteiger partial charge in [-0.2, -0.15) is 0 Å². The van der Waals surface area contributed by atoms with Crippen LogP contribution in [0.5, 0.6) is 11.5 Å². The summed E-state index contributed by atoms with van der Waals surface area (Å²) in [5.41, 5.74) is 0.454. The lowest BCUT2D eigenvalue weighted by atomic mass is 10.1. The number of hydrogen-bond donors (Lipinski definition) is 2. The molecular formula is C13H11NO4. The van der Waals surface area contributed by atoms with Crippen LogP contribution in [-0.4, -0.2) is 16.1 Å². The standard InChI is InChI=1S/C13H11NO4/c15-12-8-11(5-6-14-12)18-10-3-1-9(2-4-10)7-13(16)17/h1-6,8H,7H2,(H,14,15)(H,16,17). The molecular weight excluding hydrogens is 234 g/mol. The summed E-state index contributed by atoms with van der Waals surface area (Å²) in [7, 11) is 0.